The number of fused-ring (bicyclic) bond motifs is 1. The molecule has 1 amide bonds. The van der Waals surface area contributed by atoms with E-state index in [1.54, 1.807) is 17.0 Å². The summed E-state index contributed by atoms with van der Waals surface area (Å²) >= 11 is 0. The third-order valence-electron chi connectivity index (χ3n) is 3.33. The molecule has 4 nitrogen and oxygen atoms in total. The van der Waals surface area contributed by atoms with Gasteiger partial charge in [0, 0.05) is 30.0 Å². The minimum Gasteiger partial charge on any atom is -0.351 e. The van der Waals surface area contributed by atoms with Gasteiger partial charge in [0.25, 0.3) is 5.91 Å². The molecule has 1 aromatic heterocycles. The number of hydrogen-bond donors (Lipinski definition) is 2. The summed E-state index contributed by atoms with van der Waals surface area (Å²) in [7, 11) is 0. The van der Waals surface area contributed by atoms with E-state index in [9.17, 15) is 9.18 Å². The van der Waals surface area contributed by atoms with Crippen molar-refractivity contribution in [1.29, 1.82) is 0 Å². The highest BCUT2D eigenvalue weighted by atomic mass is 19.1. The average Bonchev–Trinajstić information content (AvgIpc) is 2.93. The van der Waals surface area contributed by atoms with E-state index in [0.29, 0.717) is 24.2 Å². The summed E-state index contributed by atoms with van der Waals surface area (Å²) in [6.07, 6.45) is 0.834. The Bertz CT molecular complexity index is 607. The molecule has 0 saturated carbocycles. The van der Waals surface area contributed by atoms with Gasteiger partial charge < -0.3 is 15.6 Å². The monoisotopic (exact) mass is 247 g/mol. The lowest BCUT2D eigenvalue weighted by atomic mass is 10.2. The van der Waals surface area contributed by atoms with Crippen molar-refractivity contribution in [3.63, 3.8) is 0 Å². The van der Waals surface area contributed by atoms with Crippen LogP contribution in [-0.2, 0) is 0 Å². The van der Waals surface area contributed by atoms with Gasteiger partial charge in [-0.1, -0.05) is 0 Å². The average molecular weight is 247 g/mol. The van der Waals surface area contributed by atoms with Crippen molar-refractivity contribution in [2.45, 2.75) is 12.5 Å². The van der Waals surface area contributed by atoms with Crippen molar-refractivity contribution in [3.05, 3.63) is 35.8 Å². The van der Waals surface area contributed by atoms with Crippen molar-refractivity contribution in [2.24, 2.45) is 5.73 Å². The molecule has 1 unspecified atom stereocenters. The quantitative estimate of drug-likeness (QED) is 0.801. The van der Waals surface area contributed by atoms with Crippen LogP contribution in [0.2, 0.25) is 0 Å². The molecule has 5 heteroatoms. The molecule has 0 bridgehead atoms. The second-order valence-corrected chi connectivity index (χ2v) is 4.71. The highest BCUT2D eigenvalue weighted by molar-refractivity contribution is 5.98. The third-order valence-corrected chi connectivity index (χ3v) is 3.33. The first-order valence-corrected chi connectivity index (χ1v) is 5.96. The Morgan fingerprint density at radius 1 is 1.44 bits per heavy atom. The van der Waals surface area contributed by atoms with E-state index in [1.165, 1.54) is 12.1 Å². The van der Waals surface area contributed by atoms with Crippen LogP contribution in [-0.4, -0.2) is 34.9 Å². The summed E-state index contributed by atoms with van der Waals surface area (Å²) in [5.41, 5.74) is 7.04. The van der Waals surface area contributed by atoms with Crippen molar-refractivity contribution >= 4 is 16.8 Å². The number of likely N-dealkylation sites (tertiary alicyclic amines) is 1. The summed E-state index contributed by atoms with van der Waals surface area (Å²) in [4.78, 5) is 16.9. The Balaban J connectivity index is 1.92. The van der Waals surface area contributed by atoms with Gasteiger partial charge in [-0.25, -0.2) is 4.39 Å². The van der Waals surface area contributed by atoms with Crippen molar-refractivity contribution in [3.8, 4) is 0 Å². The number of benzene rings is 1. The molecule has 1 saturated heterocycles. The van der Waals surface area contributed by atoms with Gasteiger partial charge in [-0.15, -0.1) is 0 Å². The Morgan fingerprint density at radius 2 is 2.28 bits per heavy atom. The largest absolute Gasteiger partial charge is 0.351 e. The van der Waals surface area contributed by atoms with Gasteiger partial charge in [-0.3, -0.25) is 4.79 Å². The second kappa shape index (κ2) is 4.10. The van der Waals surface area contributed by atoms with Crippen molar-refractivity contribution in [1.82, 2.24) is 9.88 Å². The number of nitrogens with one attached hydrogen (secondary N) is 1. The molecule has 1 atom stereocenters. The lowest BCUT2D eigenvalue weighted by Gasteiger charge is -2.14. The SMILES string of the molecule is NC1CCN(C(=O)c2cc3cc(F)ccc3[nH]2)C1. The maximum Gasteiger partial charge on any atom is 0.270 e. The molecule has 3 rings (SSSR count). The van der Waals surface area contributed by atoms with Gasteiger partial charge in [-0.05, 0) is 30.7 Å². The van der Waals surface area contributed by atoms with Gasteiger partial charge in [0.2, 0.25) is 0 Å². The molecule has 18 heavy (non-hydrogen) atoms. The van der Waals surface area contributed by atoms with Crippen LogP contribution in [0.15, 0.2) is 24.3 Å². The summed E-state index contributed by atoms with van der Waals surface area (Å²) in [6, 6.07) is 6.18. The number of carbonyl (C=O) groups is 1. The zero-order chi connectivity index (χ0) is 12.7. The number of H-pyrrole nitrogens is 1. The van der Waals surface area contributed by atoms with Crippen LogP contribution in [0.25, 0.3) is 10.9 Å². The molecule has 0 aliphatic carbocycles. The van der Waals surface area contributed by atoms with E-state index in [0.717, 1.165) is 11.9 Å². The molecule has 3 N–H and O–H groups in total. The van der Waals surface area contributed by atoms with E-state index in [4.69, 9.17) is 5.73 Å². The van der Waals surface area contributed by atoms with E-state index in [2.05, 4.69) is 4.98 Å². The van der Waals surface area contributed by atoms with Gasteiger partial charge in [0.1, 0.15) is 11.5 Å². The minimum atomic E-state index is -0.302. The van der Waals surface area contributed by atoms with Gasteiger partial charge in [0.15, 0.2) is 0 Å². The fraction of sp³-hybridized carbons (Fsp3) is 0.308. The standard InChI is InChI=1S/C13H14FN3O/c14-9-1-2-11-8(5-9)6-12(16-11)13(18)17-4-3-10(15)7-17/h1-2,5-6,10,16H,3-4,7,15H2. The van der Waals surface area contributed by atoms with Crippen molar-refractivity contribution in [2.75, 3.05) is 13.1 Å². The molecule has 2 aromatic rings. The molecule has 1 aliphatic heterocycles. The third kappa shape index (κ3) is 1.86. The smallest absolute Gasteiger partial charge is 0.270 e. The number of carbonyl (C=O) groups excluding carboxylic acids is 1. The molecule has 0 radical (unpaired) electrons. The van der Waals surface area contributed by atoms with Crippen LogP contribution < -0.4 is 5.73 Å². The summed E-state index contributed by atoms with van der Waals surface area (Å²) in [5, 5.41) is 0.710. The first kappa shape index (κ1) is 11.2. The number of rotatable bonds is 1. The Morgan fingerprint density at radius 3 is 3.00 bits per heavy atom. The number of aromatic nitrogens is 1. The lowest BCUT2D eigenvalue weighted by molar-refractivity contribution is 0.0786. The zero-order valence-corrected chi connectivity index (χ0v) is 9.82. The van der Waals surface area contributed by atoms with Gasteiger partial charge in [0.05, 0.1) is 0 Å². The minimum absolute atomic E-state index is 0.0655. The number of halogens is 1. The summed E-state index contributed by atoms with van der Waals surface area (Å²) in [5.74, 6) is -0.372. The zero-order valence-electron chi connectivity index (χ0n) is 9.82. The second-order valence-electron chi connectivity index (χ2n) is 4.71. The molecular weight excluding hydrogens is 233 g/mol. The van der Waals surface area contributed by atoms with Crippen LogP contribution in [0.1, 0.15) is 16.9 Å². The molecule has 1 aliphatic rings. The number of amides is 1. The fourth-order valence-electron chi connectivity index (χ4n) is 2.36. The predicted octanol–water partition coefficient (Wildman–Crippen LogP) is 1.48. The van der Waals surface area contributed by atoms with Crippen LogP contribution >= 0.6 is 0 Å². The van der Waals surface area contributed by atoms with Crippen LogP contribution in [0, 0.1) is 5.82 Å². The summed E-state index contributed by atoms with van der Waals surface area (Å²) in [6.45, 7) is 1.27. The van der Waals surface area contributed by atoms with E-state index >= 15 is 0 Å². The highest BCUT2D eigenvalue weighted by Crippen LogP contribution is 2.19. The Kier molecular flexibility index (Phi) is 2.56. The first-order valence-electron chi connectivity index (χ1n) is 5.96. The van der Waals surface area contributed by atoms with E-state index in [-0.39, 0.29) is 17.8 Å². The number of nitrogens with two attached hydrogens (primary N) is 1. The van der Waals surface area contributed by atoms with Crippen LogP contribution in [0.3, 0.4) is 0 Å². The molecule has 1 fully saturated rings. The summed E-state index contributed by atoms with van der Waals surface area (Å²) < 4.78 is 13.1. The maximum absolute atomic E-state index is 13.1. The predicted molar refractivity (Wildman–Crippen MR) is 66.8 cm³/mol. The molecule has 0 spiro atoms. The molecular formula is C13H14FN3O. The molecule has 1 aromatic carbocycles. The topological polar surface area (TPSA) is 62.1 Å². The van der Waals surface area contributed by atoms with Gasteiger partial charge >= 0.3 is 0 Å². The van der Waals surface area contributed by atoms with Crippen LogP contribution in [0.5, 0.6) is 0 Å². The number of hydrogen-bond acceptors (Lipinski definition) is 2. The highest BCUT2D eigenvalue weighted by Gasteiger charge is 2.25. The number of aromatic amines is 1. The van der Waals surface area contributed by atoms with Crippen LogP contribution in [0.4, 0.5) is 4.39 Å². The van der Waals surface area contributed by atoms with Gasteiger partial charge in [-0.2, -0.15) is 0 Å². The first-order chi connectivity index (χ1) is 8.63. The Labute approximate surface area is 104 Å². The molecule has 2 heterocycles. The lowest BCUT2D eigenvalue weighted by Crippen LogP contribution is -2.32. The molecule has 94 valence electrons. The maximum atomic E-state index is 13.1. The number of nitrogens with zero attached hydrogens (tertiary/aromatic N) is 1. The van der Waals surface area contributed by atoms with E-state index in [1.807, 2.05) is 0 Å². The Hall–Kier alpha value is -1.88. The van der Waals surface area contributed by atoms with E-state index < -0.39 is 0 Å². The normalized spacial score (nSPS) is 19.7. The fourth-order valence-corrected chi connectivity index (χ4v) is 2.36. The van der Waals surface area contributed by atoms with Crippen molar-refractivity contribution < 1.29 is 9.18 Å².